The Morgan fingerprint density at radius 1 is 1.26 bits per heavy atom. The predicted molar refractivity (Wildman–Crippen MR) is 63.4 cm³/mol. The van der Waals surface area contributed by atoms with Crippen LogP contribution in [-0.2, 0) is 31.7 Å². The molecule has 0 saturated heterocycles. The van der Waals surface area contributed by atoms with Crippen LogP contribution in [0.1, 0.15) is 5.56 Å². The second kappa shape index (κ2) is 5.43. The zero-order chi connectivity index (χ0) is 14.8. The fraction of sp³-hybridized carbons (Fsp3) is 0.333. The van der Waals surface area contributed by atoms with Gasteiger partial charge >= 0.3 is 0 Å². The van der Waals surface area contributed by atoms with Crippen molar-refractivity contribution in [3.05, 3.63) is 17.7 Å². The average Bonchev–Trinajstić information content (AvgIpc) is 2.26. The van der Waals surface area contributed by atoms with Gasteiger partial charge in [0.25, 0.3) is 10.1 Å². The maximum Gasteiger partial charge on any atom is 0.298 e. The number of rotatable bonds is 5. The minimum atomic E-state index is -4.72. The van der Waals surface area contributed by atoms with Gasteiger partial charge in [0.15, 0.2) is 0 Å². The molecule has 1 radical (unpaired) electrons. The van der Waals surface area contributed by atoms with Gasteiger partial charge in [-0.1, -0.05) is 0 Å². The Balaban J connectivity index is 3.74. The third-order valence-electron chi connectivity index (χ3n) is 2.29. The summed E-state index contributed by atoms with van der Waals surface area (Å²) in [5, 5.41) is 15.5. The Bertz CT molecular complexity index is 679. The molecule has 0 spiro atoms. The monoisotopic (exact) mass is 310 g/mol. The lowest BCUT2D eigenvalue weighted by molar-refractivity contribution is 0.196. The summed E-state index contributed by atoms with van der Waals surface area (Å²) in [6, 6.07) is 1.72. The normalized spacial score (nSPS) is 12.4. The van der Waals surface area contributed by atoms with E-state index in [0.717, 1.165) is 13.2 Å². The summed E-state index contributed by atoms with van der Waals surface area (Å²) < 4.78 is 58.8. The molecule has 0 amide bonds. The minimum Gasteiger partial charge on any atom is -0.495 e. The molecule has 1 rings (SSSR count). The Kier molecular flexibility index (Phi) is 4.53. The first kappa shape index (κ1) is 15.9. The second-order valence-corrected chi connectivity index (χ2v) is 6.54. The number of methoxy groups -OCH3 is 1. The van der Waals surface area contributed by atoms with Crippen LogP contribution in [0.4, 0.5) is 0 Å². The molecular formula is C9H12NO7S2. The van der Waals surface area contributed by atoms with Crippen molar-refractivity contribution < 1.29 is 31.2 Å². The first-order valence-corrected chi connectivity index (χ1v) is 7.89. The van der Waals surface area contributed by atoms with Gasteiger partial charge in [0.05, 0.1) is 18.6 Å². The van der Waals surface area contributed by atoms with E-state index in [1.165, 1.54) is 0 Å². The van der Waals surface area contributed by atoms with Crippen LogP contribution in [0.25, 0.3) is 0 Å². The van der Waals surface area contributed by atoms with Gasteiger partial charge in [0.1, 0.15) is 10.6 Å². The van der Waals surface area contributed by atoms with E-state index in [2.05, 4.69) is 0 Å². The molecule has 0 aliphatic carbocycles. The minimum absolute atomic E-state index is 0.0386. The molecule has 0 unspecified atom stereocenters. The van der Waals surface area contributed by atoms with Crippen molar-refractivity contribution in [2.75, 3.05) is 13.7 Å². The topological polar surface area (TPSA) is 144 Å². The Hall–Kier alpha value is -1.20. The Morgan fingerprint density at radius 3 is 2.21 bits per heavy atom. The van der Waals surface area contributed by atoms with Crippen LogP contribution in [0.5, 0.6) is 5.75 Å². The van der Waals surface area contributed by atoms with E-state index in [1.807, 2.05) is 0 Å². The molecule has 10 heteroatoms. The first-order valence-electron chi connectivity index (χ1n) is 4.90. The molecule has 0 aliphatic heterocycles. The maximum absolute atomic E-state index is 11.3. The van der Waals surface area contributed by atoms with Crippen LogP contribution in [0.15, 0.2) is 21.9 Å². The number of benzene rings is 1. The summed E-state index contributed by atoms with van der Waals surface area (Å²) in [4.78, 5) is -1.27. The van der Waals surface area contributed by atoms with E-state index in [4.69, 9.17) is 14.4 Å². The lowest BCUT2D eigenvalue weighted by atomic mass is 10.1. The fourth-order valence-corrected chi connectivity index (χ4v) is 2.90. The third-order valence-corrected chi connectivity index (χ3v) is 4.04. The van der Waals surface area contributed by atoms with Crippen LogP contribution in [0.3, 0.4) is 0 Å². The molecule has 0 bridgehead atoms. The van der Waals surface area contributed by atoms with Gasteiger partial charge in [-0.05, 0) is 17.7 Å². The van der Waals surface area contributed by atoms with Gasteiger partial charge in [-0.3, -0.25) is 4.55 Å². The molecule has 0 atom stereocenters. The molecular weight excluding hydrogens is 298 g/mol. The number of sulfonamides is 1. The molecule has 3 N–H and O–H groups in total. The van der Waals surface area contributed by atoms with E-state index < -0.39 is 36.5 Å². The fourth-order valence-electron chi connectivity index (χ4n) is 1.52. The summed E-state index contributed by atoms with van der Waals surface area (Å²) in [7, 11) is -7.77. The quantitative estimate of drug-likeness (QED) is 0.706. The zero-order valence-electron chi connectivity index (χ0n) is 9.86. The van der Waals surface area contributed by atoms with Crippen LogP contribution in [0.2, 0.25) is 0 Å². The van der Waals surface area contributed by atoms with Crippen molar-refractivity contribution in [2.24, 2.45) is 5.14 Å². The number of hydrogen-bond donors (Lipinski definition) is 2. The zero-order valence-corrected chi connectivity index (χ0v) is 11.5. The van der Waals surface area contributed by atoms with Gasteiger partial charge in [-0.25, -0.2) is 18.7 Å². The predicted octanol–water partition coefficient (Wildman–Crippen LogP) is -0.438. The summed E-state index contributed by atoms with van der Waals surface area (Å²) in [6.45, 7) is -0.616. The number of hydrogen-bond acceptors (Lipinski definition) is 5. The van der Waals surface area contributed by atoms with E-state index in [0.29, 0.717) is 6.07 Å². The lowest BCUT2D eigenvalue weighted by Crippen LogP contribution is -2.15. The second-order valence-electron chi connectivity index (χ2n) is 3.59. The molecule has 0 aliphatic rings. The summed E-state index contributed by atoms with van der Waals surface area (Å²) >= 11 is 0. The molecule has 0 aromatic heterocycles. The summed E-state index contributed by atoms with van der Waals surface area (Å²) in [5.41, 5.74) is 0.0386. The molecule has 19 heavy (non-hydrogen) atoms. The first-order chi connectivity index (χ1) is 8.61. The lowest BCUT2D eigenvalue weighted by Gasteiger charge is -2.13. The molecule has 0 fully saturated rings. The number of primary sulfonamides is 1. The van der Waals surface area contributed by atoms with Crippen molar-refractivity contribution in [1.82, 2.24) is 0 Å². The highest BCUT2D eigenvalue weighted by Gasteiger charge is 2.24. The van der Waals surface area contributed by atoms with Gasteiger partial charge in [0, 0.05) is 6.42 Å². The maximum atomic E-state index is 11.3. The van der Waals surface area contributed by atoms with Crippen LogP contribution >= 0.6 is 0 Å². The average molecular weight is 310 g/mol. The molecule has 8 nitrogen and oxygen atoms in total. The molecule has 1 aromatic rings. The van der Waals surface area contributed by atoms with Crippen LogP contribution in [0, 0.1) is 0 Å². The highest BCUT2D eigenvalue weighted by atomic mass is 32.2. The van der Waals surface area contributed by atoms with Gasteiger partial charge in [-0.2, -0.15) is 8.42 Å². The van der Waals surface area contributed by atoms with Gasteiger partial charge < -0.3 is 4.74 Å². The molecule has 0 saturated carbocycles. The van der Waals surface area contributed by atoms with Crippen molar-refractivity contribution in [2.45, 2.75) is 16.2 Å². The summed E-state index contributed by atoms with van der Waals surface area (Å²) in [5.74, 6) is -0.272. The highest BCUT2D eigenvalue weighted by molar-refractivity contribution is 7.89. The third kappa shape index (κ3) is 3.64. The van der Waals surface area contributed by atoms with E-state index >= 15 is 0 Å². The largest absolute Gasteiger partial charge is 0.495 e. The smallest absolute Gasteiger partial charge is 0.298 e. The molecule has 1 aromatic carbocycles. The van der Waals surface area contributed by atoms with Crippen molar-refractivity contribution >= 4 is 20.1 Å². The van der Waals surface area contributed by atoms with Crippen molar-refractivity contribution in [3.63, 3.8) is 0 Å². The Labute approximate surface area is 110 Å². The number of nitrogens with two attached hydrogens (primary N) is 1. The molecule has 107 valence electrons. The van der Waals surface area contributed by atoms with Gasteiger partial charge in [-0.15, -0.1) is 0 Å². The van der Waals surface area contributed by atoms with Crippen LogP contribution < -0.4 is 9.88 Å². The van der Waals surface area contributed by atoms with Crippen molar-refractivity contribution in [1.29, 1.82) is 0 Å². The van der Waals surface area contributed by atoms with Crippen LogP contribution in [-0.4, -0.2) is 35.1 Å². The Morgan fingerprint density at radius 2 is 1.84 bits per heavy atom. The standard InChI is InChI=1S/C9H12NO7S2/c1-17-9-6(2-3-11)4-7(18(10,12)13)5-8(9)19(14,15)16/h4-5H,2-3H2,1H3,(H2,10,12,13)(H,14,15,16). The SMILES string of the molecule is COc1c(CC[O])cc(S(N)(=O)=O)cc1S(=O)(=O)O. The molecule has 0 heterocycles. The van der Waals surface area contributed by atoms with Gasteiger partial charge in [0.2, 0.25) is 10.0 Å². The van der Waals surface area contributed by atoms with E-state index in [-0.39, 0.29) is 17.7 Å². The van der Waals surface area contributed by atoms with E-state index in [9.17, 15) is 21.9 Å². The highest BCUT2D eigenvalue weighted by Crippen LogP contribution is 2.31. The van der Waals surface area contributed by atoms with Crippen molar-refractivity contribution in [3.8, 4) is 5.75 Å². The van der Waals surface area contributed by atoms with E-state index in [1.54, 1.807) is 0 Å². The summed E-state index contributed by atoms with van der Waals surface area (Å²) in [6.07, 6.45) is -0.172. The number of ether oxygens (including phenoxy) is 1.